The number of rotatable bonds is 5. The number of amides is 1. The van der Waals surface area contributed by atoms with E-state index >= 15 is 0 Å². The van der Waals surface area contributed by atoms with Gasteiger partial charge in [0.15, 0.2) is 0 Å². The maximum absolute atomic E-state index is 12.4. The lowest BCUT2D eigenvalue weighted by Crippen LogP contribution is -2.31. The van der Waals surface area contributed by atoms with E-state index in [9.17, 15) is 4.79 Å². The minimum atomic E-state index is 0.0495. The van der Waals surface area contributed by atoms with Crippen molar-refractivity contribution in [2.45, 2.75) is 39.2 Å². The van der Waals surface area contributed by atoms with Gasteiger partial charge in [-0.3, -0.25) is 4.79 Å². The van der Waals surface area contributed by atoms with Crippen LogP contribution in [0.25, 0.3) is 5.52 Å². The molecule has 0 saturated carbocycles. The quantitative estimate of drug-likeness (QED) is 0.676. The lowest BCUT2D eigenvalue weighted by Gasteiger charge is -2.24. The highest BCUT2D eigenvalue weighted by Gasteiger charge is 2.24. The zero-order chi connectivity index (χ0) is 19.7. The van der Waals surface area contributed by atoms with E-state index in [-0.39, 0.29) is 5.91 Å². The predicted octanol–water partition coefficient (Wildman–Crippen LogP) is 3.99. The molecule has 4 rings (SSSR count). The molecule has 1 aliphatic rings. The van der Waals surface area contributed by atoms with Crippen molar-refractivity contribution in [1.82, 2.24) is 14.6 Å². The van der Waals surface area contributed by atoms with Gasteiger partial charge in [0.25, 0.3) is 0 Å². The first kappa shape index (κ1) is 18.2. The first-order valence-electron chi connectivity index (χ1n) is 9.55. The molecule has 0 fully saturated rings. The molecule has 0 N–H and O–H groups in total. The Kier molecular flexibility index (Phi) is 4.86. The molecular weight excluding hydrogens is 352 g/mol. The Morgan fingerprint density at radius 1 is 1.11 bits per heavy atom. The summed E-state index contributed by atoms with van der Waals surface area (Å²) in [5.41, 5.74) is 4.91. The van der Waals surface area contributed by atoms with E-state index in [1.165, 1.54) is 0 Å². The van der Waals surface area contributed by atoms with E-state index in [4.69, 9.17) is 14.9 Å². The number of carbonyl (C=O) groups excluding carboxylic acids is 1. The van der Waals surface area contributed by atoms with Crippen LogP contribution >= 0.6 is 0 Å². The average molecular weight is 376 g/mol. The van der Waals surface area contributed by atoms with E-state index in [0.717, 1.165) is 28.0 Å². The van der Waals surface area contributed by atoms with Gasteiger partial charge in [-0.25, -0.2) is 9.52 Å². The summed E-state index contributed by atoms with van der Waals surface area (Å²) < 4.78 is 7.30. The Morgan fingerprint density at radius 3 is 2.61 bits per heavy atom. The summed E-state index contributed by atoms with van der Waals surface area (Å²) in [6.07, 6.45) is 1.07. The number of carbonyl (C=O) groups is 1. The smallest absolute Gasteiger partial charge is 0.243 e. The molecular formula is C22H24N4O2. The minimum Gasteiger partial charge on any atom is -0.481 e. The summed E-state index contributed by atoms with van der Waals surface area (Å²) in [6, 6.07) is 15.9. The van der Waals surface area contributed by atoms with Crippen LogP contribution in [0.1, 0.15) is 49.4 Å². The molecule has 0 atom stereocenters. The lowest BCUT2D eigenvalue weighted by molar-refractivity contribution is -0.132. The molecule has 2 aromatic heterocycles. The number of hydrazone groups is 1. The lowest BCUT2D eigenvalue weighted by atomic mass is 10.0. The van der Waals surface area contributed by atoms with Crippen molar-refractivity contribution in [3.05, 3.63) is 65.4 Å². The first-order chi connectivity index (χ1) is 13.6. The van der Waals surface area contributed by atoms with Gasteiger partial charge >= 0.3 is 0 Å². The summed E-state index contributed by atoms with van der Waals surface area (Å²) in [7, 11) is 1.64. The Hall–Kier alpha value is -3.15. The number of hydrogen-bond donors (Lipinski definition) is 0. The Labute approximate surface area is 164 Å². The van der Waals surface area contributed by atoms with Gasteiger partial charge in [-0.1, -0.05) is 44.2 Å². The topological polar surface area (TPSA) is 59.2 Å². The molecule has 6 heteroatoms. The largest absolute Gasteiger partial charge is 0.481 e. The van der Waals surface area contributed by atoms with E-state index in [0.29, 0.717) is 31.2 Å². The van der Waals surface area contributed by atoms with Crippen LogP contribution in [-0.2, 0) is 11.3 Å². The summed E-state index contributed by atoms with van der Waals surface area (Å²) in [4.78, 5) is 12.4. The maximum atomic E-state index is 12.4. The van der Waals surface area contributed by atoms with E-state index in [2.05, 4.69) is 19.9 Å². The normalized spacial score (nSPS) is 14.6. The van der Waals surface area contributed by atoms with Gasteiger partial charge in [0.2, 0.25) is 11.8 Å². The third-order valence-electron chi connectivity index (χ3n) is 5.00. The molecule has 1 amide bonds. The number of fused-ring (bicyclic) bond motifs is 1. The van der Waals surface area contributed by atoms with Gasteiger partial charge in [0.05, 0.1) is 30.6 Å². The zero-order valence-corrected chi connectivity index (χ0v) is 16.4. The van der Waals surface area contributed by atoms with Crippen LogP contribution in [0.15, 0.2) is 53.6 Å². The molecule has 0 bridgehead atoms. The van der Waals surface area contributed by atoms with Crippen LogP contribution in [0.3, 0.4) is 0 Å². The molecule has 3 aromatic rings. The Bertz CT molecular complexity index is 1040. The Morgan fingerprint density at radius 2 is 1.89 bits per heavy atom. The molecule has 0 aliphatic carbocycles. The van der Waals surface area contributed by atoms with E-state index in [1.807, 2.05) is 47.0 Å². The van der Waals surface area contributed by atoms with Crippen LogP contribution in [0.2, 0.25) is 0 Å². The fourth-order valence-corrected chi connectivity index (χ4v) is 3.42. The molecule has 0 unspecified atom stereocenters. The highest BCUT2D eigenvalue weighted by Crippen LogP contribution is 2.26. The van der Waals surface area contributed by atoms with Gasteiger partial charge in [0.1, 0.15) is 0 Å². The van der Waals surface area contributed by atoms with Gasteiger partial charge in [-0.05, 0) is 23.6 Å². The number of pyridine rings is 1. The van der Waals surface area contributed by atoms with Crippen LogP contribution in [0.4, 0.5) is 0 Å². The van der Waals surface area contributed by atoms with Crippen LogP contribution < -0.4 is 4.74 Å². The van der Waals surface area contributed by atoms with Crippen molar-refractivity contribution in [3.8, 4) is 5.88 Å². The van der Waals surface area contributed by atoms with E-state index in [1.54, 1.807) is 12.1 Å². The van der Waals surface area contributed by atoms with Crippen LogP contribution in [0.5, 0.6) is 5.88 Å². The summed E-state index contributed by atoms with van der Waals surface area (Å²) in [6.45, 7) is 4.71. The van der Waals surface area contributed by atoms with Crippen molar-refractivity contribution in [1.29, 1.82) is 0 Å². The van der Waals surface area contributed by atoms with Gasteiger partial charge in [0, 0.05) is 24.5 Å². The highest BCUT2D eigenvalue weighted by atomic mass is 16.5. The number of benzene rings is 1. The second-order valence-electron chi connectivity index (χ2n) is 7.29. The van der Waals surface area contributed by atoms with Crippen LogP contribution in [0, 0.1) is 0 Å². The van der Waals surface area contributed by atoms with Crippen molar-refractivity contribution >= 4 is 17.1 Å². The van der Waals surface area contributed by atoms with Crippen molar-refractivity contribution in [2.24, 2.45) is 5.10 Å². The van der Waals surface area contributed by atoms with E-state index < -0.39 is 0 Å². The molecule has 0 spiro atoms. The van der Waals surface area contributed by atoms with Gasteiger partial charge in [-0.15, -0.1) is 0 Å². The van der Waals surface area contributed by atoms with Crippen molar-refractivity contribution in [3.63, 3.8) is 0 Å². The van der Waals surface area contributed by atoms with Crippen molar-refractivity contribution < 1.29 is 9.53 Å². The first-order valence-corrected chi connectivity index (χ1v) is 9.55. The van der Waals surface area contributed by atoms with Crippen molar-refractivity contribution in [2.75, 3.05) is 7.11 Å². The fraction of sp³-hybridized carbons (Fsp3) is 0.318. The maximum Gasteiger partial charge on any atom is 0.243 e. The number of methoxy groups -OCH3 is 1. The second-order valence-corrected chi connectivity index (χ2v) is 7.29. The zero-order valence-electron chi connectivity index (χ0n) is 16.4. The molecule has 1 aromatic carbocycles. The second kappa shape index (κ2) is 7.46. The summed E-state index contributed by atoms with van der Waals surface area (Å²) >= 11 is 0. The molecule has 144 valence electrons. The number of nitrogens with zero attached hydrogens (tertiary/aromatic N) is 4. The molecule has 0 radical (unpaired) electrons. The minimum absolute atomic E-state index is 0.0495. The molecule has 3 heterocycles. The molecule has 28 heavy (non-hydrogen) atoms. The van der Waals surface area contributed by atoms with Crippen LogP contribution in [-0.4, -0.2) is 33.4 Å². The van der Waals surface area contributed by atoms with Gasteiger partial charge in [-0.2, -0.15) is 10.2 Å². The SMILES string of the molecule is COc1ccc(C2=NN(Cc3ccccc3)C(=O)CC2)c2cc(C(C)C)nn12. The number of hydrogen-bond acceptors (Lipinski definition) is 4. The summed E-state index contributed by atoms with van der Waals surface area (Å²) in [5.74, 6) is 1.04. The predicted molar refractivity (Wildman–Crippen MR) is 109 cm³/mol. The standard InChI is InChI=1S/C22H24N4O2/c1-15(2)19-13-20-17(9-12-22(28-3)26(20)24-19)18-10-11-21(27)25(23-18)14-16-7-5-4-6-8-16/h4-9,12-13,15H,10-11,14H2,1-3H3. The Balaban J connectivity index is 1.76. The summed E-state index contributed by atoms with van der Waals surface area (Å²) in [5, 5.41) is 11.0. The highest BCUT2D eigenvalue weighted by molar-refractivity contribution is 6.08. The average Bonchev–Trinajstić information content (AvgIpc) is 3.16. The fourth-order valence-electron chi connectivity index (χ4n) is 3.42. The molecule has 0 saturated heterocycles. The third-order valence-corrected chi connectivity index (χ3v) is 5.00. The molecule has 6 nitrogen and oxygen atoms in total. The number of aromatic nitrogens is 2. The number of ether oxygens (including phenoxy) is 1. The third kappa shape index (κ3) is 3.38. The molecule has 1 aliphatic heterocycles. The monoisotopic (exact) mass is 376 g/mol. The van der Waals surface area contributed by atoms with Gasteiger partial charge < -0.3 is 4.74 Å².